The van der Waals surface area contributed by atoms with E-state index < -0.39 is 5.82 Å². The highest BCUT2D eigenvalue weighted by molar-refractivity contribution is 9.10. The van der Waals surface area contributed by atoms with Crippen LogP contribution in [-0.2, 0) is 6.54 Å². The van der Waals surface area contributed by atoms with Crippen molar-refractivity contribution in [1.82, 2.24) is 0 Å². The molecule has 0 radical (unpaired) electrons. The number of hydrogen-bond donors (Lipinski definition) is 1. The van der Waals surface area contributed by atoms with Gasteiger partial charge in [0.05, 0.1) is 10.2 Å². The summed E-state index contributed by atoms with van der Waals surface area (Å²) in [6, 6.07) is 9.00. The molecule has 0 aromatic heterocycles. The van der Waals surface area contributed by atoms with E-state index in [0.29, 0.717) is 21.7 Å². The van der Waals surface area contributed by atoms with Crippen LogP contribution in [0.5, 0.6) is 0 Å². The van der Waals surface area contributed by atoms with Crippen molar-refractivity contribution in [1.29, 1.82) is 0 Å². The van der Waals surface area contributed by atoms with Gasteiger partial charge in [0, 0.05) is 11.6 Å². The number of halogens is 4. The molecule has 0 aliphatic carbocycles. The molecule has 1 N–H and O–H groups in total. The second-order valence-electron chi connectivity index (χ2n) is 3.73. The monoisotopic (exact) mass is 331 g/mol. The Balaban J connectivity index is 2.11. The van der Waals surface area contributed by atoms with E-state index >= 15 is 0 Å². The molecule has 0 spiro atoms. The van der Waals surface area contributed by atoms with Gasteiger partial charge in [-0.05, 0) is 51.8 Å². The standard InChI is InChI=1S/C13H9BrClF2N/c14-10-3-1-8(5-12(10)17)7-18-13-6-9(15)2-4-11(13)16/h1-6,18H,7H2. The largest absolute Gasteiger partial charge is 0.379 e. The van der Waals surface area contributed by atoms with Crippen molar-refractivity contribution in [2.75, 3.05) is 5.32 Å². The van der Waals surface area contributed by atoms with Crippen molar-refractivity contribution in [2.45, 2.75) is 6.54 Å². The lowest BCUT2D eigenvalue weighted by atomic mass is 10.2. The second-order valence-corrected chi connectivity index (χ2v) is 5.02. The lowest BCUT2D eigenvalue weighted by Crippen LogP contribution is -2.01. The van der Waals surface area contributed by atoms with Gasteiger partial charge in [0.25, 0.3) is 0 Å². The number of rotatable bonds is 3. The molecule has 0 saturated heterocycles. The molecule has 18 heavy (non-hydrogen) atoms. The Morgan fingerprint density at radius 3 is 2.56 bits per heavy atom. The minimum atomic E-state index is -0.392. The van der Waals surface area contributed by atoms with Crippen molar-refractivity contribution in [3.05, 3.63) is 63.1 Å². The number of nitrogens with one attached hydrogen (secondary N) is 1. The van der Waals surface area contributed by atoms with Gasteiger partial charge < -0.3 is 5.32 Å². The highest BCUT2D eigenvalue weighted by Gasteiger charge is 2.04. The first-order chi connectivity index (χ1) is 8.56. The molecule has 0 aliphatic heterocycles. The summed E-state index contributed by atoms with van der Waals surface area (Å²) in [7, 11) is 0. The van der Waals surface area contributed by atoms with Crippen LogP contribution in [-0.4, -0.2) is 0 Å². The van der Waals surface area contributed by atoms with Gasteiger partial charge in [-0.15, -0.1) is 0 Å². The zero-order valence-corrected chi connectivity index (χ0v) is 11.5. The summed E-state index contributed by atoms with van der Waals surface area (Å²) in [5, 5.41) is 3.32. The molecule has 0 amide bonds. The maximum atomic E-state index is 13.4. The van der Waals surface area contributed by atoms with E-state index in [1.165, 1.54) is 24.3 Å². The van der Waals surface area contributed by atoms with Crippen molar-refractivity contribution >= 4 is 33.2 Å². The third-order valence-electron chi connectivity index (χ3n) is 2.40. The average Bonchev–Trinajstić information content (AvgIpc) is 2.34. The number of benzene rings is 2. The zero-order valence-electron chi connectivity index (χ0n) is 9.18. The first kappa shape index (κ1) is 13.3. The first-order valence-corrected chi connectivity index (χ1v) is 6.36. The van der Waals surface area contributed by atoms with Crippen molar-refractivity contribution in [2.24, 2.45) is 0 Å². The fraction of sp³-hybridized carbons (Fsp3) is 0.0769. The highest BCUT2D eigenvalue weighted by Crippen LogP contribution is 2.21. The van der Waals surface area contributed by atoms with Crippen molar-refractivity contribution in [3.8, 4) is 0 Å². The van der Waals surface area contributed by atoms with Crippen molar-refractivity contribution < 1.29 is 8.78 Å². The number of anilines is 1. The van der Waals surface area contributed by atoms with Crippen LogP contribution in [0.4, 0.5) is 14.5 Å². The van der Waals surface area contributed by atoms with Crippen LogP contribution in [0.2, 0.25) is 5.02 Å². The zero-order chi connectivity index (χ0) is 13.1. The molecule has 0 saturated carbocycles. The summed E-state index contributed by atoms with van der Waals surface area (Å²) in [5.41, 5.74) is 1.01. The second kappa shape index (κ2) is 5.67. The van der Waals surface area contributed by atoms with Crippen LogP contribution >= 0.6 is 27.5 Å². The van der Waals surface area contributed by atoms with Crippen LogP contribution in [0, 0.1) is 11.6 Å². The summed E-state index contributed by atoms with van der Waals surface area (Å²) in [4.78, 5) is 0. The Bertz CT molecular complexity index is 575. The molecule has 5 heteroatoms. The van der Waals surface area contributed by atoms with Crippen LogP contribution in [0.1, 0.15) is 5.56 Å². The summed E-state index contributed by atoms with van der Waals surface area (Å²) in [6.07, 6.45) is 0. The van der Waals surface area contributed by atoms with E-state index in [-0.39, 0.29) is 5.82 Å². The van der Waals surface area contributed by atoms with Crippen LogP contribution in [0.3, 0.4) is 0 Å². The molecule has 2 rings (SSSR count). The maximum Gasteiger partial charge on any atom is 0.146 e. The predicted octanol–water partition coefficient (Wildman–Crippen LogP) is 4.99. The molecule has 0 unspecified atom stereocenters. The summed E-state index contributed by atoms with van der Waals surface area (Å²) < 4.78 is 27.1. The minimum Gasteiger partial charge on any atom is -0.379 e. The third-order valence-corrected chi connectivity index (χ3v) is 3.27. The number of hydrogen-bond acceptors (Lipinski definition) is 1. The fourth-order valence-electron chi connectivity index (χ4n) is 1.48. The van der Waals surface area contributed by atoms with E-state index in [2.05, 4.69) is 21.2 Å². The van der Waals surface area contributed by atoms with E-state index in [4.69, 9.17) is 11.6 Å². The molecule has 0 fully saturated rings. The Labute approximate surface area is 117 Å². The van der Waals surface area contributed by atoms with E-state index in [1.807, 2.05) is 0 Å². The topological polar surface area (TPSA) is 12.0 Å². The molecule has 0 atom stereocenters. The summed E-state index contributed by atoms with van der Waals surface area (Å²) >= 11 is 8.85. The molecule has 0 bridgehead atoms. The van der Waals surface area contributed by atoms with Gasteiger partial charge in [-0.1, -0.05) is 17.7 Å². The van der Waals surface area contributed by atoms with Gasteiger partial charge in [-0.3, -0.25) is 0 Å². The minimum absolute atomic E-state index is 0.297. The van der Waals surface area contributed by atoms with Gasteiger partial charge in [0.15, 0.2) is 0 Å². The average molecular weight is 333 g/mol. The van der Waals surface area contributed by atoms with E-state index in [1.54, 1.807) is 12.1 Å². The smallest absolute Gasteiger partial charge is 0.146 e. The molecular formula is C13H9BrClF2N. The molecule has 0 heterocycles. The normalized spacial score (nSPS) is 10.4. The molecule has 2 aromatic rings. The molecule has 0 aliphatic rings. The predicted molar refractivity (Wildman–Crippen MR) is 72.8 cm³/mol. The van der Waals surface area contributed by atoms with Gasteiger partial charge in [0.2, 0.25) is 0 Å². The van der Waals surface area contributed by atoms with Crippen LogP contribution in [0.25, 0.3) is 0 Å². The Morgan fingerprint density at radius 1 is 1.06 bits per heavy atom. The van der Waals surface area contributed by atoms with E-state index in [9.17, 15) is 8.78 Å². The van der Waals surface area contributed by atoms with Gasteiger partial charge in [-0.2, -0.15) is 0 Å². The van der Waals surface area contributed by atoms with E-state index in [0.717, 1.165) is 5.56 Å². The van der Waals surface area contributed by atoms with Crippen LogP contribution < -0.4 is 5.32 Å². The molecule has 2 aromatic carbocycles. The van der Waals surface area contributed by atoms with Crippen LogP contribution in [0.15, 0.2) is 40.9 Å². The summed E-state index contributed by atoms with van der Waals surface area (Å²) in [5.74, 6) is -0.738. The van der Waals surface area contributed by atoms with Gasteiger partial charge in [0.1, 0.15) is 11.6 Å². The maximum absolute atomic E-state index is 13.4. The Kier molecular flexibility index (Phi) is 4.19. The van der Waals surface area contributed by atoms with Gasteiger partial charge >= 0.3 is 0 Å². The third kappa shape index (κ3) is 3.21. The SMILES string of the molecule is Fc1cc(CNc2cc(Cl)ccc2F)ccc1Br. The Morgan fingerprint density at radius 2 is 1.83 bits per heavy atom. The fourth-order valence-corrected chi connectivity index (χ4v) is 1.90. The summed E-state index contributed by atoms with van der Waals surface area (Å²) in [6.45, 7) is 0.321. The first-order valence-electron chi connectivity index (χ1n) is 5.19. The molecular weight excluding hydrogens is 324 g/mol. The lowest BCUT2D eigenvalue weighted by molar-refractivity contribution is 0.618. The molecule has 1 nitrogen and oxygen atoms in total. The molecule has 94 valence electrons. The quantitative estimate of drug-likeness (QED) is 0.834. The van der Waals surface area contributed by atoms with Gasteiger partial charge in [-0.25, -0.2) is 8.78 Å². The highest BCUT2D eigenvalue weighted by atomic mass is 79.9. The lowest BCUT2D eigenvalue weighted by Gasteiger charge is -2.08. The Hall–Kier alpha value is -1.13. The van der Waals surface area contributed by atoms with Crippen molar-refractivity contribution in [3.63, 3.8) is 0 Å².